The van der Waals surface area contributed by atoms with Gasteiger partial charge in [0.2, 0.25) is 0 Å². The lowest BCUT2D eigenvalue weighted by molar-refractivity contribution is 0.0180. The predicted molar refractivity (Wildman–Crippen MR) is 74.6 cm³/mol. The highest BCUT2D eigenvalue weighted by Crippen LogP contribution is 2.44. The molecule has 1 aliphatic carbocycles. The number of hydrogen-bond donors (Lipinski definition) is 1. The molecule has 1 saturated heterocycles. The zero-order valence-corrected chi connectivity index (χ0v) is 11.9. The first-order valence-electron chi connectivity index (χ1n) is 7.50. The van der Waals surface area contributed by atoms with Crippen LogP contribution in [0.2, 0.25) is 0 Å². The number of piperidine rings is 1. The zero-order chi connectivity index (χ0) is 13.3. The second-order valence-electron chi connectivity index (χ2n) is 6.64. The molecule has 1 aromatic heterocycles. The van der Waals surface area contributed by atoms with Crippen LogP contribution in [0.25, 0.3) is 0 Å². The van der Waals surface area contributed by atoms with Gasteiger partial charge < -0.3 is 5.11 Å². The molecule has 19 heavy (non-hydrogen) atoms. The minimum Gasteiger partial charge on any atom is -0.396 e. The third-order valence-electron chi connectivity index (χ3n) is 4.66. The fraction of sp³-hybridized carbons (Fsp3) is 0.800. The van der Waals surface area contributed by atoms with Gasteiger partial charge in [-0.25, -0.2) is 0 Å². The molecule has 1 atom stereocenters. The van der Waals surface area contributed by atoms with Crippen LogP contribution in [0.4, 0.5) is 0 Å². The van der Waals surface area contributed by atoms with Crippen LogP contribution in [0.1, 0.15) is 37.7 Å². The average molecular weight is 263 g/mol. The van der Waals surface area contributed by atoms with E-state index in [1.807, 2.05) is 17.9 Å². The highest BCUT2D eigenvalue weighted by atomic mass is 16.3. The molecule has 4 nitrogen and oxygen atoms in total. The summed E-state index contributed by atoms with van der Waals surface area (Å²) < 4.78 is 1.86. The Bertz CT molecular complexity index is 427. The Morgan fingerprint density at radius 2 is 2.32 bits per heavy atom. The summed E-state index contributed by atoms with van der Waals surface area (Å²) in [4.78, 5) is 2.50. The summed E-state index contributed by atoms with van der Waals surface area (Å²) in [5.74, 6) is 0.894. The maximum atomic E-state index is 9.86. The summed E-state index contributed by atoms with van der Waals surface area (Å²) in [6.45, 7) is 3.53. The average Bonchev–Trinajstić information content (AvgIpc) is 3.11. The van der Waals surface area contributed by atoms with Crippen molar-refractivity contribution in [3.05, 3.63) is 18.0 Å². The SMILES string of the molecule is Cn1cc(CN2CCC[C@](CO)(CC3CC3)C2)cn1. The summed E-state index contributed by atoms with van der Waals surface area (Å²) in [7, 11) is 1.96. The van der Waals surface area contributed by atoms with Crippen molar-refractivity contribution in [1.29, 1.82) is 0 Å². The Balaban J connectivity index is 1.62. The van der Waals surface area contributed by atoms with Crippen LogP contribution in [0.3, 0.4) is 0 Å². The van der Waals surface area contributed by atoms with Gasteiger partial charge in [-0.05, 0) is 31.7 Å². The molecule has 4 heteroatoms. The van der Waals surface area contributed by atoms with Crippen LogP contribution in [-0.2, 0) is 13.6 Å². The number of nitrogens with zero attached hydrogens (tertiary/aromatic N) is 3. The predicted octanol–water partition coefficient (Wildman–Crippen LogP) is 1.79. The molecule has 0 unspecified atom stereocenters. The fourth-order valence-electron chi connectivity index (χ4n) is 3.55. The Morgan fingerprint density at radius 1 is 1.47 bits per heavy atom. The topological polar surface area (TPSA) is 41.3 Å². The van der Waals surface area contributed by atoms with Gasteiger partial charge in [0, 0.05) is 43.9 Å². The van der Waals surface area contributed by atoms with Crippen molar-refractivity contribution in [3.8, 4) is 0 Å². The monoisotopic (exact) mass is 263 g/mol. The van der Waals surface area contributed by atoms with Gasteiger partial charge in [-0.1, -0.05) is 12.8 Å². The molecule has 2 heterocycles. The van der Waals surface area contributed by atoms with Gasteiger partial charge >= 0.3 is 0 Å². The van der Waals surface area contributed by atoms with Gasteiger partial charge in [-0.3, -0.25) is 9.58 Å². The van der Waals surface area contributed by atoms with Crippen molar-refractivity contribution in [2.45, 2.75) is 38.6 Å². The van der Waals surface area contributed by atoms with Gasteiger partial charge in [-0.2, -0.15) is 5.10 Å². The molecule has 0 bridgehead atoms. The summed E-state index contributed by atoms with van der Waals surface area (Å²) in [5, 5.41) is 14.1. The molecule has 0 aromatic carbocycles. The second kappa shape index (κ2) is 5.25. The first kappa shape index (κ1) is 13.1. The van der Waals surface area contributed by atoms with Gasteiger partial charge in [-0.15, -0.1) is 0 Å². The first-order chi connectivity index (χ1) is 9.19. The quantitative estimate of drug-likeness (QED) is 0.880. The van der Waals surface area contributed by atoms with E-state index in [-0.39, 0.29) is 5.41 Å². The minimum atomic E-state index is 0.168. The third-order valence-corrected chi connectivity index (χ3v) is 4.66. The lowest BCUT2D eigenvalue weighted by Gasteiger charge is -2.42. The molecule has 0 radical (unpaired) electrons. The number of likely N-dealkylation sites (tertiary alicyclic amines) is 1. The van der Waals surface area contributed by atoms with Crippen LogP contribution in [-0.4, -0.2) is 39.5 Å². The molecule has 0 spiro atoms. The van der Waals surface area contributed by atoms with Crippen LogP contribution in [0, 0.1) is 11.3 Å². The van der Waals surface area contributed by atoms with Crippen molar-refractivity contribution in [1.82, 2.24) is 14.7 Å². The van der Waals surface area contributed by atoms with E-state index in [4.69, 9.17) is 0 Å². The molecule has 1 N–H and O–H groups in total. The number of aliphatic hydroxyl groups is 1. The molecule has 0 amide bonds. The third kappa shape index (κ3) is 3.18. The lowest BCUT2D eigenvalue weighted by Crippen LogP contribution is -2.45. The number of aliphatic hydroxyl groups excluding tert-OH is 1. The smallest absolute Gasteiger partial charge is 0.0534 e. The molecular formula is C15H25N3O. The Hall–Kier alpha value is -0.870. The summed E-state index contributed by atoms with van der Waals surface area (Å²) in [6.07, 6.45) is 10.4. The highest BCUT2D eigenvalue weighted by molar-refractivity contribution is 5.04. The normalized spacial score (nSPS) is 28.7. The zero-order valence-electron chi connectivity index (χ0n) is 11.9. The van der Waals surface area contributed by atoms with Crippen molar-refractivity contribution >= 4 is 0 Å². The van der Waals surface area contributed by atoms with Crippen LogP contribution in [0.15, 0.2) is 12.4 Å². The molecule has 1 aromatic rings. The van der Waals surface area contributed by atoms with E-state index in [1.165, 1.54) is 37.7 Å². The Morgan fingerprint density at radius 3 is 2.95 bits per heavy atom. The van der Waals surface area contributed by atoms with Crippen LogP contribution < -0.4 is 0 Å². The Labute approximate surface area is 115 Å². The lowest BCUT2D eigenvalue weighted by atomic mass is 9.76. The largest absolute Gasteiger partial charge is 0.396 e. The maximum Gasteiger partial charge on any atom is 0.0534 e. The molecule has 3 rings (SSSR count). The number of rotatable bonds is 5. The van der Waals surface area contributed by atoms with E-state index < -0.39 is 0 Å². The number of hydrogen-bond acceptors (Lipinski definition) is 3. The number of aromatic nitrogens is 2. The second-order valence-corrected chi connectivity index (χ2v) is 6.64. The van der Waals surface area contributed by atoms with Crippen molar-refractivity contribution < 1.29 is 5.11 Å². The summed E-state index contributed by atoms with van der Waals surface area (Å²) in [5.41, 5.74) is 1.45. The van der Waals surface area contributed by atoms with Gasteiger partial charge in [0.15, 0.2) is 0 Å². The van der Waals surface area contributed by atoms with E-state index >= 15 is 0 Å². The summed E-state index contributed by atoms with van der Waals surface area (Å²) in [6, 6.07) is 0. The van der Waals surface area contributed by atoms with E-state index in [1.54, 1.807) is 0 Å². The summed E-state index contributed by atoms with van der Waals surface area (Å²) >= 11 is 0. The Kier molecular flexibility index (Phi) is 3.63. The van der Waals surface area contributed by atoms with Crippen LogP contribution in [0.5, 0.6) is 0 Å². The highest BCUT2D eigenvalue weighted by Gasteiger charge is 2.39. The molecule has 2 fully saturated rings. The van der Waals surface area contributed by atoms with E-state index in [0.29, 0.717) is 6.61 Å². The molecule has 1 saturated carbocycles. The minimum absolute atomic E-state index is 0.168. The maximum absolute atomic E-state index is 9.86. The van der Waals surface area contributed by atoms with Gasteiger partial charge in [0.25, 0.3) is 0 Å². The van der Waals surface area contributed by atoms with E-state index in [9.17, 15) is 5.11 Å². The first-order valence-corrected chi connectivity index (χ1v) is 7.50. The molecular weight excluding hydrogens is 238 g/mol. The van der Waals surface area contributed by atoms with Crippen molar-refractivity contribution in [2.75, 3.05) is 19.7 Å². The standard InChI is InChI=1S/C15H25N3O/c1-17-9-14(8-16-17)10-18-6-2-5-15(11-18,12-19)7-13-3-4-13/h8-9,13,19H,2-7,10-12H2,1H3/t15-/m0/s1. The van der Waals surface area contributed by atoms with Gasteiger partial charge in [0.1, 0.15) is 0 Å². The van der Waals surface area contributed by atoms with E-state index in [2.05, 4.69) is 16.2 Å². The van der Waals surface area contributed by atoms with Gasteiger partial charge in [0.05, 0.1) is 6.20 Å². The molecule has 1 aliphatic heterocycles. The molecule has 2 aliphatic rings. The number of aryl methyl sites for hydroxylation is 1. The van der Waals surface area contributed by atoms with Crippen molar-refractivity contribution in [3.63, 3.8) is 0 Å². The fourth-order valence-corrected chi connectivity index (χ4v) is 3.55. The van der Waals surface area contributed by atoms with E-state index in [0.717, 1.165) is 25.6 Å². The van der Waals surface area contributed by atoms with Crippen molar-refractivity contribution in [2.24, 2.45) is 18.4 Å². The van der Waals surface area contributed by atoms with Crippen LogP contribution >= 0.6 is 0 Å². The molecule has 106 valence electrons.